The Bertz CT molecular complexity index is 1520. The van der Waals surface area contributed by atoms with Gasteiger partial charge in [-0.2, -0.15) is 18.4 Å². The summed E-state index contributed by atoms with van der Waals surface area (Å²) in [6.45, 7) is 0.179. The number of halogens is 3. The molecule has 4 rings (SSSR count). The molecular weight excluding hydrogens is 461 g/mol. The van der Waals surface area contributed by atoms with E-state index >= 15 is 0 Å². The van der Waals surface area contributed by atoms with E-state index in [1.54, 1.807) is 49.4 Å². The van der Waals surface area contributed by atoms with Crippen LogP contribution >= 0.6 is 0 Å². The normalized spacial score (nSPS) is 11.2. The van der Waals surface area contributed by atoms with Gasteiger partial charge in [-0.1, -0.05) is 12.1 Å². The number of amides is 1. The van der Waals surface area contributed by atoms with Gasteiger partial charge in [-0.05, 0) is 61.5 Å². The summed E-state index contributed by atoms with van der Waals surface area (Å²) in [7, 11) is 0. The van der Waals surface area contributed by atoms with Crippen molar-refractivity contribution in [3.8, 4) is 17.5 Å². The second-order valence-electron chi connectivity index (χ2n) is 7.54. The Hall–Kier alpha value is -4.65. The molecule has 0 atom stereocenters. The fourth-order valence-electron chi connectivity index (χ4n) is 3.49. The first-order chi connectivity index (χ1) is 16.7. The van der Waals surface area contributed by atoms with E-state index < -0.39 is 18.7 Å². The highest BCUT2D eigenvalue weighted by Gasteiger charge is 2.29. The van der Waals surface area contributed by atoms with Crippen LogP contribution in [0.15, 0.2) is 71.5 Å². The zero-order valence-corrected chi connectivity index (χ0v) is 18.3. The number of ether oxygens (including phenoxy) is 1. The van der Waals surface area contributed by atoms with E-state index in [1.807, 2.05) is 0 Å². The number of carbonyl (C=O) groups is 1. The average molecular weight is 478 g/mol. The smallest absolute Gasteiger partial charge is 0.422 e. The highest BCUT2D eigenvalue weighted by molar-refractivity contribution is 6.04. The topological polar surface area (TPSA) is 97.0 Å². The molecule has 7 nitrogen and oxygen atoms in total. The standard InChI is InChI=1S/C25H17F3N4O3/c1-15-30-21-5-3-2-4-20(21)24(34)32(15)19-9-6-16(7-10-19)23(33)31-18-8-11-22(17(12-18)13-29)35-14-25(26,27)28/h2-12H,14H2,1H3,(H,31,33). The summed E-state index contributed by atoms with van der Waals surface area (Å²) < 4.78 is 43.2. The highest BCUT2D eigenvalue weighted by Crippen LogP contribution is 2.25. The number of nitrogens with zero attached hydrogens (tertiary/aromatic N) is 3. The molecule has 176 valence electrons. The Kier molecular flexibility index (Phi) is 6.25. The number of hydrogen-bond acceptors (Lipinski definition) is 5. The second kappa shape index (κ2) is 9.30. The van der Waals surface area contributed by atoms with Crippen LogP contribution in [0.2, 0.25) is 0 Å². The van der Waals surface area contributed by atoms with Gasteiger partial charge in [0, 0.05) is 11.3 Å². The molecule has 0 aliphatic heterocycles. The molecule has 3 aromatic carbocycles. The third-order valence-electron chi connectivity index (χ3n) is 5.08. The van der Waals surface area contributed by atoms with Gasteiger partial charge in [0.05, 0.1) is 22.2 Å². The maximum absolute atomic E-state index is 12.9. The van der Waals surface area contributed by atoms with Crippen LogP contribution in [0.4, 0.5) is 18.9 Å². The van der Waals surface area contributed by atoms with Crippen molar-refractivity contribution in [3.63, 3.8) is 0 Å². The van der Waals surface area contributed by atoms with Crippen molar-refractivity contribution < 1.29 is 22.7 Å². The lowest BCUT2D eigenvalue weighted by molar-refractivity contribution is -0.153. The molecule has 0 unspecified atom stereocenters. The lowest BCUT2D eigenvalue weighted by atomic mass is 10.1. The number of para-hydroxylation sites is 1. The summed E-state index contributed by atoms with van der Waals surface area (Å²) >= 11 is 0. The van der Waals surface area contributed by atoms with E-state index in [9.17, 15) is 28.0 Å². The molecule has 0 saturated carbocycles. The summed E-state index contributed by atoms with van der Waals surface area (Å²) in [6.07, 6.45) is -4.54. The van der Waals surface area contributed by atoms with Gasteiger partial charge >= 0.3 is 6.18 Å². The van der Waals surface area contributed by atoms with Gasteiger partial charge in [-0.25, -0.2) is 4.98 Å². The lowest BCUT2D eigenvalue weighted by Gasteiger charge is -2.13. The van der Waals surface area contributed by atoms with Crippen molar-refractivity contribution in [2.75, 3.05) is 11.9 Å². The fraction of sp³-hybridized carbons (Fsp3) is 0.120. The van der Waals surface area contributed by atoms with E-state index in [1.165, 1.54) is 34.9 Å². The fourth-order valence-corrected chi connectivity index (χ4v) is 3.49. The number of alkyl halides is 3. The van der Waals surface area contributed by atoms with E-state index in [2.05, 4.69) is 15.0 Å². The van der Waals surface area contributed by atoms with Crippen LogP contribution in [0.5, 0.6) is 5.75 Å². The van der Waals surface area contributed by atoms with Crippen LogP contribution in [-0.2, 0) is 0 Å². The minimum Gasteiger partial charge on any atom is -0.483 e. The third kappa shape index (κ3) is 5.14. The zero-order chi connectivity index (χ0) is 25.2. The van der Waals surface area contributed by atoms with Crippen molar-refractivity contribution in [2.24, 2.45) is 0 Å². The largest absolute Gasteiger partial charge is 0.483 e. The van der Waals surface area contributed by atoms with E-state index in [4.69, 9.17) is 0 Å². The lowest BCUT2D eigenvalue weighted by Crippen LogP contribution is -2.22. The number of nitrogens with one attached hydrogen (secondary N) is 1. The predicted molar refractivity (Wildman–Crippen MR) is 123 cm³/mol. The van der Waals surface area contributed by atoms with E-state index in [-0.39, 0.29) is 28.1 Å². The van der Waals surface area contributed by atoms with Gasteiger partial charge in [-0.3, -0.25) is 14.2 Å². The molecule has 10 heteroatoms. The van der Waals surface area contributed by atoms with Crippen LogP contribution in [0.25, 0.3) is 16.6 Å². The van der Waals surface area contributed by atoms with Crippen molar-refractivity contribution >= 4 is 22.5 Å². The average Bonchev–Trinajstić information content (AvgIpc) is 2.83. The Labute approximate surface area is 197 Å². The monoisotopic (exact) mass is 478 g/mol. The summed E-state index contributed by atoms with van der Waals surface area (Å²) in [5, 5.41) is 12.3. The number of anilines is 1. The molecule has 0 fully saturated rings. The molecule has 1 N–H and O–H groups in total. The summed E-state index contributed by atoms with van der Waals surface area (Å²) in [6, 6.07) is 18.8. The first-order valence-electron chi connectivity index (χ1n) is 10.3. The summed E-state index contributed by atoms with van der Waals surface area (Å²) in [5.74, 6) is -0.259. The van der Waals surface area contributed by atoms with Gasteiger partial charge in [0.25, 0.3) is 11.5 Å². The molecule has 1 amide bonds. The summed E-state index contributed by atoms with van der Waals surface area (Å²) in [4.78, 5) is 30.1. The number of nitriles is 1. The van der Waals surface area contributed by atoms with E-state index in [0.717, 1.165) is 0 Å². The van der Waals surface area contributed by atoms with Crippen molar-refractivity contribution in [1.29, 1.82) is 5.26 Å². The SMILES string of the molecule is Cc1nc2ccccc2c(=O)n1-c1ccc(C(=O)Nc2ccc(OCC(F)(F)F)c(C#N)c2)cc1. The predicted octanol–water partition coefficient (Wildman–Crippen LogP) is 4.76. The number of aryl methyl sites for hydroxylation is 1. The van der Waals surface area contributed by atoms with Crippen LogP contribution in [0.3, 0.4) is 0 Å². The maximum atomic E-state index is 12.9. The number of aromatic nitrogens is 2. The molecule has 4 aromatic rings. The van der Waals surface area contributed by atoms with Crippen LogP contribution in [-0.4, -0.2) is 28.2 Å². The van der Waals surface area contributed by atoms with Gasteiger partial charge in [0.1, 0.15) is 17.6 Å². The first kappa shape index (κ1) is 23.5. The van der Waals surface area contributed by atoms with Crippen LogP contribution in [0.1, 0.15) is 21.7 Å². The molecule has 0 aliphatic rings. The van der Waals surface area contributed by atoms with Crippen molar-refractivity contribution in [1.82, 2.24) is 9.55 Å². The summed E-state index contributed by atoms with van der Waals surface area (Å²) in [5.41, 5.74) is 1.21. The maximum Gasteiger partial charge on any atom is 0.422 e. The Balaban J connectivity index is 1.54. The molecule has 1 heterocycles. The molecular formula is C25H17F3N4O3. The third-order valence-corrected chi connectivity index (χ3v) is 5.08. The Morgan fingerprint density at radius 1 is 1.11 bits per heavy atom. The molecule has 1 aromatic heterocycles. The van der Waals surface area contributed by atoms with Crippen molar-refractivity contribution in [3.05, 3.63) is 94.0 Å². The number of hydrogen-bond donors (Lipinski definition) is 1. The van der Waals surface area contributed by atoms with Crippen LogP contribution < -0.4 is 15.6 Å². The molecule has 0 bridgehead atoms. The second-order valence-corrected chi connectivity index (χ2v) is 7.54. The molecule has 0 saturated heterocycles. The molecule has 0 aliphatic carbocycles. The van der Waals surface area contributed by atoms with Crippen molar-refractivity contribution in [2.45, 2.75) is 13.1 Å². The number of carbonyl (C=O) groups excluding carboxylic acids is 1. The Morgan fingerprint density at radius 2 is 1.83 bits per heavy atom. The Morgan fingerprint density at radius 3 is 2.51 bits per heavy atom. The first-order valence-corrected chi connectivity index (χ1v) is 10.3. The molecule has 0 spiro atoms. The van der Waals surface area contributed by atoms with Gasteiger partial charge in [0.2, 0.25) is 0 Å². The van der Waals surface area contributed by atoms with Gasteiger partial charge in [-0.15, -0.1) is 0 Å². The zero-order valence-electron chi connectivity index (χ0n) is 18.3. The van der Waals surface area contributed by atoms with Crippen LogP contribution in [0, 0.1) is 18.3 Å². The highest BCUT2D eigenvalue weighted by atomic mass is 19.4. The molecule has 35 heavy (non-hydrogen) atoms. The van der Waals surface area contributed by atoms with Gasteiger partial charge < -0.3 is 10.1 Å². The number of rotatable bonds is 5. The number of fused-ring (bicyclic) bond motifs is 1. The van der Waals surface area contributed by atoms with E-state index in [0.29, 0.717) is 22.4 Å². The minimum absolute atomic E-state index is 0.152. The quantitative estimate of drug-likeness (QED) is 0.446. The molecule has 0 radical (unpaired) electrons. The van der Waals surface area contributed by atoms with Gasteiger partial charge in [0.15, 0.2) is 6.61 Å². The number of benzene rings is 3. The minimum atomic E-state index is -4.54.